The van der Waals surface area contributed by atoms with Gasteiger partial charge in [-0.15, -0.1) is 0 Å². The molecule has 1 atom stereocenters. The summed E-state index contributed by atoms with van der Waals surface area (Å²) in [4.78, 5) is 8.30. The average Bonchev–Trinajstić information content (AvgIpc) is 2.33. The SMILES string of the molecule is CC(Cc1nccnc1N)c1ccccc1. The molecule has 0 fully saturated rings. The summed E-state index contributed by atoms with van der Waals surface area (Å²) >= 11 is 0. The van der Waals surface area contributed by atoms with E-state index in [0.717, 1.165) is 12.1 Å². The summed E-state index contributed by atoms with van der Waals surface area (Å²) in [5.74, 6) is 0.936. The van der Waals surface area contributed by atoms with Gasteiger partial charge < -0.3 is 5.73 Å². The van der Waals surface area contributed by atoms with E-state index in [-0.39, 0.29) is 0 Å². The third-order valence-electron chi connectivity index (χ3n) is 2.67. The topological polar surface area (TPSA) is 51.8 Å². The Morgan fingerprint density at radius 2 is 1.81 bits per heavy atom. The van der Waals surface area contributed by atoms with Gasteiger partial charge in [0, 0.05) is 12.4 Å². The fourth-order valence-corrected chi connectivity index (χ4v) is 1.72. The first-order chi connectivity index (χ1) is 7.77. The van der Waals surface area contributed by atoms with Crippen LogP contribution < -0.4 is 5.73 Å². The molecule has 0 amide bonds. The summed E-state index contributed by atoms with van der Waals surface area (Å²) in [6.07, 6.45) is 4.12. The zero-order chi connectivity index (χ0) is 11.4. The second-order valence-corrected chi connectivity index (χ2v) is 3.90. The van der Waals surface area contributed by atoms with Gasteiger partial charge in [-0.05, 0) is 17.9 Å². The Hall–Kier alpha value is -1.90. The summed E-state index contributed by atoms with van der Waals surface area (Å²) in [6.45, 7) is 2.17. The summed E-state index contributed by atoms with van der Waals surface area (Å²) in [6, 6.07) is 10.4. The van der Waals surface area contributed by atoms with Crippen molar-refractivity contribution in [1.82, 2.24) is 9.97 Å². The van der Waals surface area contributed by atoms with Crippen molar-refractivity contribution in [2.45, 2.75) is 19.3 Å². The van der Waals surface area contributed by atoms with Gasteiger partial charge in [0.25, 0.3) is 0 Å². The standard InChI is InChI=1S/C13H15N3/c1-10(11-5-3-2-4-6-11)9-12-13(14)16-8-7-15-12/h2-8,10H,9H2,1H3,(H2,14,16). The van der Waals surface area contributed by atoms with Crippen molar-refractivity contribution < 1.29 is 0 Å². The van der Waals surface area contributed by atoms with E-state index >= 15 is 0 Å². The predicted octanol–water partition coefficient (Wildman–Crippen LogP) is 2.41. The molecule has 3 heteroatoms. The normalized spacial score (nSPS) is 12.3. The van der Waals surface area contributed by atoms with E-state index in [1.807, 2.05) is 18.2 Å². The van der Waals surface area contributed by atoms with Gasteiger partial charge in [-0.25, -0.2) is 4.98 Å². The van der Waals surface area contributed by atoms with Gasteiger partial charge in [0.1, 0.15) is 5.82 Å². The first-order valence-corrected chi connectivity index (χ1v) is 5.37. The van der Waals surface area contributed by atoms with Gasteiger partial charge in [0.15, 0.2) is 0 Å². The van der Waals surface area contributed by atoms with E-state index in [4.69, 9.17) is 5.73 Å². The lowest BCUT2D eigenvalue weighted by molar-refractivity contribution is 0.739. The molecule has 2 aromatic rings. The molecule has 0 saturated carbocycles. The fraction of sp³-hybridized carbons (Fsp3) is 0.231. The van der Waals surface area contributed by atoms with Crippen LogP contribution in [0.2, 0.25) is 0 Å². The van der Waals surface area contributed by atoms with Crippen LogP contribution >= 0.6 is 0 Å². The first kappa shape index (κ1) is 10.6. The van der Waals surface area contributed by atoms with Crippen molar-refractivity contribution in [3.63, 3.8) is 0 Å². The smallest absolute Gasteiger partial charge is 0.145 e. The molecule has 82 valence electrons. The minimum atomic E-state index is 0.403. The summed E-state index contributed by atoms with van der Waals surface area (Å²) < 4.78 is 0. The molecule has 3 nitrogen and oxygen atoms in total. The Labute approximate surface area is 95.4 Å². The number of nitrogens with two attached hydrogens (primary N) is 1. The molecule has 1 unspecified atom stereocenters. The van der Waals surface area contributed by atoms with Crippen LogP contribution in [0.3, 0.4) is 0 Å². The van der Waals surface area contributed by atoms with E-state index in [1.54, 1.807) is 12.4 Å². The van der Waals surface area contributed by atoms with Gasteiger partial charge in [-0.3, -0.25) is 4.98 Å². The van der Waals surface area contributed by atoms with Crippen LogP contribution in [-0.2, 0) is 6.42 Å². The van der Waals surface area contributed by atoms with Crippen LogP contribution in [0.25, 0.3) is 0 Å². The fourth-order valence-electron chi connectivity index (χ4n) is 1.72. The molecule has 0 radical (unpaired) electrons. The number of benzene rings is 1. The number of rotatable bonds is 3. The van der Waals surface area contributed by atoms with Gasteiger partial charge in [0.05, 0.1) is 5.69 Å². The second kappa shape index (κ2) is 4.75. The summed E-state index contributed by atoms with van der Waals surface area (Å²) in [5.41, 5.74) is 7.95. The molecule has 0 spiro atoms. The highest BCUT2D eigenvalue weighted by atomic mass is 14.9. The molecule has 2 rings (SSSR count). The van der Waals surface area contributed by atoms with Gasteiger partial charge >= 0.3 is 0 Å². The molecule has 0 bridgehead atoms. The Morgan fingerprint density at radius 3 is 2.50 bits per heavy atom. The number of hydrogen-bond acceptors (Lipinski definition) is 3. The van der Waals surface area contributed by atoms with Crippen molar-refractivity contribution in [1.29, 1.82) is 0 Å². The third kappa shape index (κ3) is 2.37. The highest BCUT2D eigenvalue weighted by Gasteiger charge is 2.09. The van der Waals surface area contributed by atoms with E-state index in [0.29, 0.717) is 11.7 Å². The van der Waals surface area contributed by atoms with E-state index in [9.17, 15) is 0 Å². The number of nitrogen functional groups attached to an aromatic ring is 1. The minimum absolute atomic E-state index is 0.403. The largest absolute Gasteiger partial charge is 0.382 e. The molecular formula is C13H15N3. The number of aromatic nitrogens is 2. The van der Waals surface area contributed by atoms with E-state index in [1.165, 1.54) is 5.56 Å². The van der Waals surface area contributed by atoms with Crippen LogP contribution in [0, 0.1) is 0 Å². The average molecular weight is 213 g/mol. The Bertz CT molecular complexity index is 454. The molecule has 0 aliphatic carbocycles. The van der Waals surface area contributed by atoms with Crippen molar-refractivity contribution in [2.24, 2.45) is 0 Å². The number of nitrogens with zero attached hydrogens (tertiary/aromatic N) is 2. The van der Waals surface area contributed by atoms with Crippen molar-refractivity contribution in [2.75, 3.05) is 5.73 Å². The van der Waals surface area contributed by atoms with Crippen LogP contribution in [0.15, 0.2) is 42.7 Å². The molecular weight excluding hydrogens is 198 g/mol. The molecule has 0 aliphatic heterocycles. The summed E-state index contributed by atoms with van der Waals surface area (Å²) in [7, 11) is 0. The predicted molar refractivity (Wildman–Crippen MR) is 65.0 cm³/mol. The third-order valence-corrected chi connectivity index (χ3v) is 2.67. The molecule has 1 aromatic heterocycles. The lowest BCUT2D eigenvalue weighted by atomic mass is 9.96. The van der Waals surface area contributed by atoms with Crippen LogP contribution in [0.5, 0.6) is 0 Å². The van der Waals surface area contributed by atoms with Crippen LogP contribution in [0.1, 0.15) is 24.1 Å². The van der Waals surface area contributed by atoms with E-state index < -0.39 is 0 Å². The Balaban J connectivity index is 2.14. The maximum absolute atomic E-state index is 5.77. The second-order valence-electron chi connectivity index (χ2n) is 3.90. The molecule has 1 aromatic carbocycles. The van der Waals surface area contributed by atoms with Crippen LogP contribution in [0.4, 0.5) is 5.82 Å². The van der Waals surface area contributed by atoms with Crippen molar-refractivity contribution in [3.8, 4) is 0 Å². The highest BCUT2D eigenvalue weighted by molar-refractivity contribution is 5.34. The zero-order valence-corrected chi connectivity index (χ0v) is 9.30. The Morgan fingerprint density at radius 1 is 1.12 bits per heavy atom. The number of anilines is 1. The zero-order valence-electron chi connectivity index (χ0n) is 9.30. The maximum Gasteiger partial charge on any atom is 0.145 e. The Kier molecular flexibility index (Phi) is 3.15. The van der Waals surface area contributed by atoms with Gasteiger partial charge in [-0.2, -0.15) is 0 Å². The molecule has 1 heterocycles. The molecule has 0 saturated heterocycles. The lowest BCUT2D eigenvalue weighted by Crippen LogP contribution is -2.05. The van der Waals surface area contributed by atoms with Crippen LogP contribution in [-0.4, -0.2) is 9.97 Å². The van der Waals surface area contributed by atoms with Crippen molar-refractivity contribution >= 4 is 5.82 Å². The first-order valence-electron chi connectivity index (χ1n) is 5.37. The minimum Gasteiger partial charge on any atom is -0.382 e. The maximum atomic E-state index is 5.77. The molecule has 0 aliphatic rings. The van der Waals surface area contributed by atoms with Gasteiger partial charge in [0.2, 0.25) is 0 Å². The van der Waals surface area contributed by atoms with Gasteiger partial charge in [-0.1, -0.05) is 37.3 Å². The highest BCUT2D eigenvalue weighted by Crippen LogP contribution is 2.20. The van der Waals surface area contributed by atoms with Crippen molar-refractivity contribution in [3.05, 3.63) is 54.0 Å². The lowest BCUT2D eigenvalue weighted by Gasteiger charge is -2.11. The van der Waals surface area contributed by atoms with E-state index in [2.05, 4.69) is 29.0 Å². The monoisotopic (exact) mass is 213 g/mol. The molecule has 2 N–H and O–H groups in total. The quantitative estimate of drug-likeness (QED) is 0.851. The summed E-state index contributed by atoms with van der Waals surface area (Å²) in [5, 5.41) is 0. The molecule has 16 heavy (non-hydrogen) atoms. The number of hydrogen-bond donors (Lipinski definition) is 1.